The highest BCUT2D eigenvalue weighted by Gasteiger charge is 2.08. The smallest absolute Gasteiger partial charge is 0.247 e. The summed E-state index contributed by atoms with van der Waals surface area (Å²) in [5.41, 5.74) is 0.910. The Bertz CT molecular complexity index is 710. The molecule has 2 heterocycles. The van der Waals surface area contributed by atoms with Crippen molar-refractivity contribution >= 4 is 15.9 Å². The van der Waals surface area contributed by atoms with Crippen molar-refractivity contribution in [3.8, 4) is 11.5 Å². The van der Waals surface area contributed by atoms with Gasteiger partial charge in [-0.2, -0.15) is 0 Å². The van der Waals surface area contributed by atoms with Gasteiger partial charge in [0.25, 0.3) is 0 Å². The zero-order valence-electron chi connectivity index (χ0n) is 11.9. The van der Waals surface area contributed by atoms with E-state index in [-0.39, 0.29) is 0 Å². The van der Waals surface area contributed by atoms with E-state index in [9.17, 15) is 0 Å². The zero-order valence-corrected chi connectivity index (χ0v) is 13.5. The summed E-state index contributed by atoms with van der Waals surface area (Å²) in [5, 5.41) is 11.4. The van der Waals surface area contributed by atoms with Gasteiger partial charge < -0.3 is 14.3 Å². The monoisotopic (exact) mass is 361 g/mol. The van der Waals surface area contributed by atoms with E-state index in [1.165, 1.54) is 0 Å². The van der Waals surface area contributed by atoms with Crippen LogP contribution >= 0.6 is 15.9 Å². The Morgan fingerprint density at radius 1 is 1.27 bits per heavy atom. The van der Waals surface area contributed by atoms with Crippen LogP contribution < -0.4 is 5.32 Å². The highest BCUT2D eigenvalue weighted by molar-refractivity contribution is 9.10. The third-order valence-electron chi connectivity index (χ3n) is 3.14. The number of rotatable bonds is 7. The van der Waals surface area contributed by atoms with Crippen LogP contribution in [-0.2, 0) is 13.1 Å². The molecule has 1 N–H and O–H groups in total. The van der Waals surface area contributed by atoms with Gasteiger partial charge in [-0.25, -0.2) is 4.98 Å². The fourth-order valence-electron chi connectivity index (χ4n) is 2.06. The lowest BCUT2D eigenvalue weighted by molar-refractivity contribution is 0.470. The predicted molar refractivity (Wildman–Crippen MR) is 86.0 cm³/mol. The largest absolute Gasteiger partial charge is 0.419 e. The van der Waals surface area contributed by atoms with Crippen LogP contribution in [0.25, 0.3) is 11.5 Å². The van der Waals surface area contributed by atoms with Crippen molar-refractivity contribution < 1.29 is 4.42 Å². The summed E-state index contributed by atoms with van der Waals surface area (Å²) >= 11 is 3.43. The van der Waals surface area contributed by atoms with E-state index in [4.69, 9.17) is 4.42 Å². The van der Waals surface area contributed by atoms with Crippen LogP contribution in [0.15, 0.2) is 51.9 Å². The van der Waals surface area contributed by atoms with Crippen molar-refractivity contribution in [2.45, 2.75) is 19.5 Å². The van der Waals surface area contributed by atoms with E-state index in [1.54, 1.807) is 6.20 Å². The molecule has 0 fully saturated rings. The molecular weight excluding hydrogens is 346 g/mol. The number of nitrogens with one attached hydrogen (secondary N) is 1. The lowest BCUT2D eigenvalue weighted by atomic mass is 10.2. The molecular formula is C15H16BrN5O. The van der Waals surface area contributed by atoms with E-state index >= 15 is 0 Å². The Balaban J connectivity index is 1.46. The molecule has 0 spiro atoms. The highest BCUT2D eigenvalue weighted by Crippen LogP contribution is 2.21. The van der Waals surface area contributed by atoms with Crippen LogP contribution in [0.3, 0.4) is 0 Å². The summed E-state index contributed by atoms with van der Waals surface area (Å²) < 4.78 is 8.70. The minimum atomic E-state index is 0.538. The highest BCUT2D eigenvalue weighted by atomic mass is 79.9. The molecule has 0 bridgehead atoms. The molecule has 7 heteroatoms. The average Bonchev–Trinajstić information content (AvgIpc) is 3.18. The molecule has 114 valence electrons. The van der Waals surface area contributed by atoms with Crippen molar-refractivity contribution in [2.75, 3.05) is 6.54 Å². The summed E-state index contributed by atoms with van der Waals surface area (Å²) in [6, 6.07) is 7.80. The van der Waals surface area contributed by atoms with Gasteiger partial charge in [0.1, 0.15) is 0 Å². The van der Waals surface area contributed by atoms with Gasteiger partial charge in [-0.15, -0.1) is 10.2 Å². The molecule has 6 nitrogen and oxygen atoms in total. The second kappa shape index (κ2) is 7.33. The van der Waals surface area contributed by atoms with E-state index in [1.807, 2.05) is 36.8 Å². The van der Waals surface area contributed by atoms with E-state index in [0.717, 1.165) is 29.5 Å². The second-order valence-corrected chi connectivity index (χ2v) is 5.76. The maximum Gasteiger partial charge on any atom is 0.247 e. The van der Waals surface area contributed by atoms with Crippen LogP contribution in [0.2, 0.25) is 0 Å². The average molecular weight is 362 g/mol. The number of aryl methyl sites for hydroxylation is 1. The predicted octanol–water partition coefficient (Wildman–Crippen LogP) is 2.88. The van der Waals surface area contributed by atoms with E-state index in [2.05, 4.69) is 41.0 Å². The second-order valence-electron chi connectivity index (χ2n) is 4.84. The minimum absolute atomic E-state index is 0.538. The first-order chi connectivity index (χ1) is 10.8. The number of benzene rings is 1. The summed E-state index contributed by atoms with van der Waals surface area (Å²) in [6.07, 6.45) is 6.59. The van der Waals surface area contributed by atoms with Gasteiger partial charge in [0.05, 0.1) is 12.9 Å². The molecule has 0 aliphatic rings. The summed E-state index contributed by atoms with van der Waals surface area (Å²) in [4.78, 5) is 4.01. The Kier molecular flexibility index (Phi) is 4.97. The van der Waals surface area contributed by atoms with Crippen LogP contribution in [0.1, 0.15) is 12.3 Å². The lowest BCUT2D eigenvalue weighted by Crippen LogP contribution is -2.16. The van der Waals surface area contributed by atoms with Crippen molar-refractivity contribution in [1.29, 1.82) is 0 Å². The van der Waals surface area contributed by atoms with Crippen molar-refractivity contribution in [1.82, 2.24) is 25.1 Å². The first-order valence-electron chi connectivity index (χ1n) is 7.06. The van der Waals surface area contributed by atoms with Gasteiger partial charge in [-0.3, -0.25) is 0 Å². The Hall–Kier alpha value is -1.99. The fourth-order valence-corrected chi connectivity index (χ4v) is 2.46. The normalized spacial score (nSPS) is 11.0. The van der Waals surface area contributed by atoms with E-state index in [0.29, 0.717) is 18.3 Å². The minimum Gasteiger partial charge on any atom is -0.419 e. The zero-order chi connectivity index (χ0) is 15.2. The number of hydrogen-bond acceptors (Lipinski definition) is 5. The summed E-state index contributed by atoms with van der Waals surface area (Å²) in [5.74, 6) is 1.13. The maximum absolute atomic E-state index is 5.66. The maximum atomic E-state index is 5.66. The molecule has 0 saturated carbocycles. The van der Waals surface area contributed by atoms with Crippen LogP contribution in [0.5, 0.6) is 0 Å². The fraction of sp³-hybridized carbons (Fsp3) is 0.267. The molecule has 3 rings (SSSR count). The van der Waals surface area contributed by atoms with Crippen molar-refractivity contribution in [2.24, 2.45) is 0 Å². The molecule has 0 radical (unpaired) electrons. The third kappa shape index (κ3) is 4.02. The number of aromatic nitrogens is 4. The molecule has 0 aliphatic heterocycles. The lowest BCUT2D eigenvalue weighted by Gasteiger charge is -2.02. The first kappa shape index (κ1) is 14.9. The van der Waals surface area contributed by atoms with Crippen LogP contribution in [-0.4, -0.2) is 26.3 Å². The van der Waals surface area contributed by atoms with Gasteiger partial charge in [-0.1, -0.05) is 22.0 Å². The van der Waals surface area contributed by atoms with Crippen LogP contribution in [0, 0.1) is 0 Å². The molecule has 0 aliphatic carbocycles. The number of halogens is 1. The third-order valence-corrected chi connectivity index (χ3v) is 3.64. The SMILES string of the molecule is Brc1cccc(-c2nnc(CNCCCn3ccnc3)o2)c1. The topological polar surface area (TPSA) is 68.8 Å². The Morgan fingerprint density at radius 2 is 2.23 bits per heavy atom. The molecule has 22 heavy (non-hydrogen) atoms. The molecule has 0 saturated heterocycles. The van der Waals surface area contributed by atoms with Gasteiger partial charge in [0.2, 0.25) is 11.8 Å². The molecule has 3 aromatic rings. The van der Waals surface area contributed by atoms with Gasteiger partial charge in [0.15, 0.2) is 0 Å². The standard InChI is InChI=1S/C15H16BrN5O/c16-13-4-1-3-12(9-13)15-20-19-14(22-15)10-17-5-2-7-21-8-6-18-11-21/h1,3-4,6,8-9,11,17H,2,5,7,10H2. The first-order valence-corrected chi connectivity index (χ1v) is 7.85. The van der Waals surface area contributed by atoms with Gasteiger partial charge in [0, 0.05) is 29.0 Å². The summed E-state index contributed by atoms with van der Waals surface area (Å²) in [6.45, 7) is 2.40. The molecule has 0 atom stereocenters. The van der Waals surface area contributed by atoms with E-state index < -0.39 is 0 Å². The molecule has 0 amide bonds. The quantitative estimate of drug-likeness (QED) is 0.655. The molecule has 0 unspecified atom stereocenters. The van der Waals surface area contributed by atoms with Crippen molar-refractivity contribution in [3.63, 3.8) is 0 Å². The molecule has 1 aromatic carbocycles. The number of imidazole rings is 1. The number of hydrogen-bond donors (Lipinski definition) is 1. The Morgan fingerprint density at radius 3 is 3.05 bits per heavy atom. The van der Waals surface area contributed by atoms with Gasteiger partial charge in [-0.05, 0) is 31.2 Å². The van der Waals surface area contributed by atoms with Crippen molar-refractivity contribution in [3.05, 3.63) is 53.3 Å². The van der Waals surface area contributed by atoms with Crippen LogP contribution in [0.4, 0.5) is 0 Å². The summed E-state index contributed by atoms with van der Waals surface area (Å²) in [7, 11) is 0. The van der Waals surface area contributed by atoms with Gasteiger partial charge >= 0.3 is 0 Å². The molecule has 2 aromatic heterocycles. The Labute approximate surface area is 136 Å². The number of nitrogens with zero attached hydrogens (tertiary/aromatic N) is 4.